The van der Waals surface area contributed by atoms with Crippen LogP contribution in [0, 0.1) is 0 Å². The maximum absolute atomic E-state index is 14.6. The van der Waals surface area contributed by atoms with Crippen molar-refractivity contribution in [2.75, 3.05) is 13.6 Å². The van der Waals surface area contributed by atoms with Crippen LogP contribution in [0.1, 0.15) is 17.3 Å². The lowest BCUT2D eigenvalue weighted by Gasteiger charge is -2.10. The molecule has 0 bridgehead atoms. The van der Waals surface area contributed by atoms with Gasteiger partial charge in [0.15, 0.2) is 29.2 Å². The first-order chi connectivity index (χ1) is 9.81. The summed E-state index contributed by atoms with van der Waals surface area (Å²) >= 11 is 0. The van der Waals surface area contributed by atoms with Crippen LogP contribution in [0.3, 0.4) is 0 Å². The zero-order chi connectivity index (χ0) is 13.5. The van der Waals surface area contributed by atoms with Crippen molar-refractivity contribution in [3.05, 3.63) is 47.5 Å². The molecule has 0 saturated heterocycles. The van der Waals surface area contributed by atoms with Gasteiger partial charge in [-0.2, -0.15) is 0 Å². The summed E-state index contributed by atoms with van der Waals surface area (Å²) in [6, 6.07) is 10.2. The molecule has 0 fully saturated rings. The summed E-state index contributed by atoms with van der Waals surface area (Å²) in [6.45, 7) is 0.361. The Morgan fingerprint density at radius 1 is 0.700 bits per heavy atom. The molecule has 0 unspecified atom stereocenters. The molecule has 4 nitrogen and oxygen atoms in total. The Morgan fingerprint density at radius 2 is 1.15 bits per heavy atom. The van der Waals surface area contributed by atoms with Crippen molar-refractivity contribution in [2.24, 2.45) is 0 Å². The molecule has 20 heavy (non-hydrogen) atoms. The summed E-state index contributed by atoms with van der Waals surface area (Å²) in [7, 11) is 0. The van der Waals surface area contributed by atoms with Crippen molar-refractivity contribution in [2.45, 2.75) is 6.17 Å². The molecular formula is C15H11FO4. The maximum Gasteiger partial charge on any atom is 0.231 e. The van der Waals surface area contributed by atoms with Gasteiger partial charge in [0.1, 0.15) is 0 Å². The Balaban J connectivity index is 1.68. The van der Waals surface area contributed by atoms with Crippen molar-refractivity contribution in [1.82, 2.24) is 0 Å². The van der Waals surface area contributed by atoms with Gasteiger partial charge in [0, 0.05) is 0 Å². The number of hydrogen-bond donors (Lipinski definition) is 0. The molecule has 0 radical (unpaired) electrons. The molecule has 2 aliphatic rings. The first kappa shape index (κ1) is 11.4. The van der Waals surface area contributed by atoms with Crippen molar-refractivity contribution < 1.29 is 23.3 Å². The van der Waals surface area contributed by atoms with Crippen LogP contribution in [0.4, 0.5) is 4.39 Å². The van der Waals surface area contributed by atoms with Gasteiger partial charge in [-0.1, -0.05) is 12.1 Å². The highest BCUT2D eigenvalue weighted by Crippen LogP contribution is 2.39. The fraction of sp³-hybridized carbons (Fsp3) is 0.200. The van der Waals surface area contributed by atoms with Gasteiger partial charge in [-0.15, -0.1) is 0 Å². The van der Waals surface area contributed by atoms with Crippen LogP contribution in [0.25, 0.3) is 0 Å². The van der Waals surface area contributed by atoms with Crippen LogP contribution in [0.2, 0.25) is 0 Å². The Labute approximate surface area is 114 Å². The van der Waals surface area contributed by atoms with E-state index in [1.165, 1.54) is 0 Å². The summed E-state index contributed by atoms with van der Waals surface area (Å²) < 4.78 is 35.6. The standard InChI is InChI=1S/C15H11FO4/c16-15(9-1-3-11-13(5-9)19-7-17-11)10-2-4-12-14(6-10)20-8-18-12/h1-6,15H,7-8H2. The molecule has 5 heteroatoms. The van der Waals surface area contributed by atoms with Crippen molar-refractivity contribution in [3.8, 4) is 23.0 Å². The zero-order valence-electron chi connectivity index (χ0n) is 10.5. The highest BCUT2D eigenvalue weighted by molar-refractivity contribution is 5.49. The molecule has 0 atom stereocenters. The van der Waals surface area contributed by atoms with E-state index in [0.29, 0.717) is 34.1 Å². The normalized spacial score (nSPS) is 14.9. The van der Waals surface area contributed by atoms with Gasteiger partial charge in [-0.3, -0.25) is 0 Å². The van der Waals surface area contributed by atoms with Gasteiger partial charge in [-0.05, 0) is 35.4 Å². The number of hydrogen-bond acceptors (Lipinski definition) is 4. The molecule has 0 amide bonds. The predicted octanol–water partition coefficient (Wildman–Crippen LogP) is 3.20. The highest BCUT2D eigenvalue weighted by Gasteiger charge is 2.21. The molecule has 0 saturated carbocycles. The van der Waals surface area contributed by atoms with E-state index in [1.807, 2.05) is 0 Å². The van der Waals surface area contributed by atoms with Crippen LogP contribution in [-0.2, 0) is 0 Å². The second-order valence-electron chi connectivity index (χ2n) is 4.59. The van der Waals surface area contributed by atoms with Gasteiger partial charge in [0.05, 0.1) is 0 Å². The molecule has 2 aromatic rings. The molecule has 0 N–H and O–H groups in total. The van der Waals surface area contributed by atoms with Gasteiger partial charge >= 0.3 is 0 Å². The van der Waals surface area contributed by atoms with Crippen LogP contribution < -0.4 is 18.9 Å². The predicted molar refractivity (Wildman–Crippen MR) is 68.1 cm³/mol. The van der Waals surface area contributed by atoms with Crippen molar-refractivity contribution in [1.29, 1.82) is 0 Å². The number of benzene rings is 2. The first-order valence-electron chi connectivity index (χ1n) is 6.24. The van der Waals surface area contributed by atoms with Crippen LogP contribution in [0.5, 0.6) is 23.0 Å². The fourth-order valence-corrected chi connectivity index (χ4v) is 2.33. The molecule has 102 valence electrons. The lowest BCUT2D eigenvalue weighted by atomic mass is 10.0. The minimum Gasteiger partial charge on any atom is -0.454 e. The molecule has 2 aliphatic heterocycles. The van der Waals surface area contributed by atoms with Crippen molar-refractivity contribution >= 4 is 0 Å². The SMILES string of the molecule is FC(c1ccc2c(c1)OCO2)c1ccc2c(c1)OCO2. The molecule has 0 aliphatic carbocycles. The fourth-order valence-electron chi connectivity index (χ4n) is 2.33. The van der Waals surface area contributed by atoms with E-state index < -0.39 is 6.17 Å². The molecular weight excluding hydrogens is 263 g/mol. The van der Waals surface area contributed by atoms with E-state index in [-0.39, 0.29) is 13.6 Å². The van der Waals surface area contributed by atoms with Crippen LogP contribution >= 0.6 is 0 Å². The average molecular weight is 274 g/mol. The lowest BCUT2D eigenvalue weighted by Crippen LogP contribution is -1.95. The monoisotopic (exact) mass is 274 g/mol. The Kier molecular flexibility index (Phi) is 2.45. The number of alkyl halides is 1. The Morgan fingerprint density at radius 3 is 1.65 bits per heavy atom. The summed E-state index contributed by atoms with van der Waals surface area (Å²) in [5.74, 6) is 2.44. The number of fused-ring (bicyclic) bond motifs is 2. The van der Waals surface area contributed by atoms with Crippen LogP contribution in [-0.4, -0.2) is 13.6 Å². The summed E-state index contributed by atoms with van der Waals surface area (Å²) in [5.41, 5.74) is 1.04. The van der Waals surface area contributed by atoms with Gasteiger partial charge in [0.2, 0.25) is 13.6 Å². The molecule has 2 aromatic carbocycles. The summed E-state index contributed by atoms with van der Waals surface area (Å²) in [4.78, 5) is 0. The van der Waals surface area contributed by atoms with E-state index in [9.17, 15) is 4.39 Å². The van der Waals surface area contributed by atoms with Gasteiger partial charge in [-0.25, -0.2) is 4.39 Å². The van der Waals surface area contributed by atoms with E-state index in [1.54, 1.807) is 36.4 Å². The lowest BCUT2D eigenvalue weighted by molar-refractivity contribution is 0.173. The zero-order valence-corrected chi connectivity index (χ0v) is 10.5. The largest absolute Gasteiger partial charge is 0.454 e. The maximum atomic E-state index is 14.6. The summed E-state index contributed by atoms with van der Waals surface area (Å²) in [5, 5.41) is 0. The van der Waals surface area contributed by atoms with Crippen molar-refractivity contribution in [3.63, 3.8) is 0 Å². The number of halogens is 1. The number of rotatable bonds is 2. The average Bonchev–Trinajstić information content (AvgIpc) is 3.13. The second kappa shape index (κ2) is 4.30. The molecule has 4 rings (SSSR count). The first-order valence-corrected chi connectivity index (χ1v) is 6.24. The van der Waals surface area contributed by atoms with E-state index in [0.717, 1.165) is 0 Å². The second-order valence-corrected chi connectivity index (χ2v) is 4.59. The van der Waals surface area contributed by atoms with Gasteiger partial charge in [0.25, 0.3) is 0 Å². The quantitative estimate of drug-likeness (QED) is 0.842. The van der Waals surface area contributed by atoms with E-state index in [2.05, 4.69) is 0 Å². The molecule has 0 aromatic heterocycles. The van der Waals surface area contributed by atoms with Gasteiger partial charge < -0.3 is 18.9 Å². The third-order valence-electron chi connectivity index (χ3n) is 3.38. The van der Waals surface area contributed by atoms with Crippen LogP contribution in [0.15, 0.2) is 36.4 Å². The Bertz CT molecular complexity index is 613. The van der Waals surface area contributed by atoms with E-state index in [4.69, 9.17) is 18.9 Å². The highest BCUT2D eigenvalue weighted by atomic mass is 19.1. The third kappa shape index (κ3) is 1.74. The minimum atomic E-state index is -1.25. The summed E-state index contributed by atoms with van der Waals surface area (Å²) in [6.07, 6.45) is -1.25. The topological polar surface area (TPSA) is 36.9 Å². The Hall–Kier alpha value is -2.43. The van der Waals surface area contributed by atoms with E-state index >= 15 is 0 Å². The minimum absolute atomic E-state index is 0.180. The smallest absolute Gasteiger partial charge is 0.231 e. The molecule has 0 spiro atoms. The third-order valence-corrected chi connectivity index (χ3v) is 3.38. The molecule has 2 heterocycles. The number of ether oxygens (including phenoxy) is 4.